The molecular formula is C17H17Cl2N3OS. The zero-order valence-electron chi connectivity index (χ0n) is 13.2. The summed E-state index contributed by atoms with van der Waals surface area (Å²) in [6, 6.07) is 9.84. The quantitative estimate of drug-likeness (QED) is 0.731. The molecule has 7 heteroatoms. The molecule has 2 heterocycles. The Morgan fingerprint density at radius 3 is 2.58 bits per heavy atom. The number of benzene rings is 1. The molecule has 0 saturated heterocycles. The third kappa shape index (κ3) is 3.64. The fourth-order valence-electron chi connectivity index (χ4n) is 2.67. The molecule has 126 valence electrons. The minimum Gasteiger partial charge on any atom is -0.369 e. The van der Waals surface area contributed by atoms with Crippen LogP contribution in [-0.2, 0) is 11.2 Å². The normalized spacial score (nSPS) is 10.5. The zero-order valence-corrected chi connectivity index (χ0v) is 15.6. The number of aromatic nitrogens is 2. The van der Waals surface area contributed by atoms with E-state index in [1.54, 1.807) is 0 Å². The average Bonchev–Trinajstić information content (AvgIpc) is 3.04. The van der Waals surface area contributed by atoms with Gasteiger partial charge in [-0.15, -0.1) is 23.7 Å². The molecule has 2 N–H and O–H groups in total. The molecule has 0 unspecified atom stereocenters. The molecule has 0 spiro atoms. The zero-order chi connectivity index (χ0) is 16.6. The number of carbonyl (C=O) groups excluding carboxylic acids is 1. The van der Waals surface area contributed by atoms with E-state index in [9.17, 15) is 4.79 Å². The lowest BCUT2D eigenvalue weighted by molar-refractivity contribution is -0.117. The summed E-state index contributed by atoms with van der Waals surface area (Å²) in [5.74, 6) is -0.363. The number of aryl methyl sites for hydroxylation is 1. The van der Waals surface area contributed by atoms with E-state index in [1.165, 1.54) is 11.3 Å². The summed E-state index contributed by atoms with van der Waals surface area (Å²) in [7, 11) is 0. The van der Waals surface area contributed by atoms with Crippen LogP contribution in [0.2, 0.25) is 5.02 Å². The lowest BCUT2D eigenvalue weighted by Gasteiger charge is -2.09. The van der Waals surface area contributed by atoms with E-state index in [1.807, 2.05) is 29.6 Å². The first-order chi connectivity index (χ1) is 11.0. The highest BCUT2D eigenvalue weighted by molar-refractivity contribution is 7.10. The van der Waals surface area contributed by atoms with E-state index >= 15 is 0 Å². The van der Waals surface area contributed by atoms with Crippen LogP contribution >= 0.6 is 35.3 Å². The highest BCUT2D eigenvalue weighted by Gasteiger charge is 2.15. The highest BCUT2D eigenvalue weighted by atomic mass is 35.5. The lowest BCUT2D eigenvalue weighted by Crippen LogP contribution is -2.13. The molecule has 0 saturated carbocycles. The number of nitrogens with two attached hydrogens (primary N) is 1. The number of thiazole rings is 1. The van der Waals surface area contributed by atoms with Gasteiger partial charge in [0.15, 0.2) is 0 Å². The first-order valence-electron chi connectivity index (χ1n) is 7.13. The predicted molar refractivity (Wildman–Crippen MR) is 102 cm³/mol. The molecule has 0 aliphatic carbocycles. The van der Waals surface area contributed by atoms with Gasteiger partial charge in [0.1, 0.15) is 5.01 Å². The summed E-state index contributed by atoms with van der Waals surface area (Å²) in [5, 5.41) is 3.42. The second-order valence-corrected chi connectivity index (χ2v) is 6.75. The molecular weight excluding hydrogens is 365 g/mol. The molecule has 0 bridgehead atoms. The van der Waals surface area contributed by atoms with Gasteiger partial charge in [-0.3, -0.25) is 4.79 Å². The average molecular weight is 382 g/mol. The van der Waals surface area contributed by atoms with E-state index < -0.39 is 0 Å². The van der Waals surface area contributed by atoms with Crippen molar-refractivity contribution in [3.63, 3.8) is 0 Å². The Hall–Kier alpha value is -1.82. The molecule has 0 radical (unpaired) electrons. The second kappa shape index (κ2) is 7.38. The van der Waals surface area contributed by atoms with Gasteiger partial charge in [-0.05, 0) is 44.2 Å². The smallest absolute Gasteiger partial charge is 0.224 e. The Balaban J connectivity index is 0.00000208. The van der Waals surface area contributed by atoms with Gasteiger partial charge in [0, 0.05) is 33.0 Å². The van der Waals surface area contributed by atoms with Crippen LogP contribution in [0.5, 0.6) is 0 Å². The maximum absolute atomic E-state index is 11.0. The molecule has 3 rings (SSSR count). The SMILES string of the molecule is Cc1cc(-c2csc(CC(N)=O)n2)c(C)n1-c1ccc(Cl)cc1.Cl. The molecule has 0 aliphatic heterocycles. The van der Waals surface area contributed by atoms with Gasteiger partial charge in [0.25, 0.3) is 0 Å². The van der Waals surface area contributed by atoms with E-state index in [-0.39, 0.29) is 24.7 Å². The van der Waals surface area contributed by atoms with Crippen molar-refractivity contribution in [2.45, 2.75) is 20.3 Å². The number of hydrogen-bond acceptors (Lipinski definition) is 3. The Bertz CT molecular complexity index is 869. The predicted octanol–water partition coefficient (Wildman–Crippen LogP) is 4.32. The number of halogens is 2. The van der Waals surface area contributed by atoms with Crippen molar-refractivity contribution < 1.29 is 4.79 Å². The Labute approximate surface area is 155 Å². The van der Waals surface area contributed by atoms with Gasteiger partial charge < -0.3 is 10.3 Å². The molecule has 4 nitrogen and oxygen atoms in total. The summed E-state index contributed by atoms with van der Waals surface area (Å²) >= 11 is 7.42. The van der Waals surface area contributed by atoms with Crippen LogP contribution in [-0.4, -0.2) is 15.5 Å². The minimum atomic E-state index is -0.363. The van der Waals surface area contributed by atoms with Crippen LogP contribution < -0.4 is 5.73 Å². The van der Waals surface area contributed by atoms with Crippen LogP contribution in [0.25, 0.3) is 16.9 Å². The molecule has 0 aliphatic rings. The number of nitrogens with zero attached hydrogens (tertiary/aromatic N) is 2. The van der Waals surface area contributed by atoms with E-state index in [0.29, 0.717) is 5.02 Å². The van der Waals surface area contributed by atoms with Gasteiger partial charge >= 0.3 is 0 Å². The molecule has 3 aromatic rings. The van der Waals surface area contributed by atoms with Crippen molar-refractivity contribution in [3.05, 3.63) is 57.1 Å². The summed E-state index contributed by atoms with van der Waals surface area (Å²) in [4.78, 5) is 15.6. The fraction of sp³-hybridized carbons (Fsp3) is 0.176. The van der Waals surface area contributed by atoms with Crippen LogP contribution in [0, 0.1) is 13.8 Å². The van der Waals surface area contributed by atoms with Crippen molar-refractivity contribution in [3.8, 4) is 16.9 Å². The number of carbonyl (C=O) groups is 1. The molecule has 2 aromatic heterocycles. The summed E-state index contributed by atoms with van der Waals surface area (Å²) < 4.78 is 2.17. The standard InChI is InChI=1S/C17H16ClN3OS.ClH/c1-10-7-14(15-9-23-17(20-15)8-16(19)22)11(2)21(10)13-5-3-12(18)4-6-13;/h3-7,9H,8H2,1-2H3,(H2,19,22);1H. The molecule has 0 fully saturated rings. The Kier molecular flexibility index (Phi) is 5.70. The van der Waals surface area contributed by atoms with Crippen molar-refractivity contribution >= 4 is 41.3 Å². The monoisotopic (exact) mass is 381 g/mol. The lowest BCUT2D eigenvalue weighted by atomic mass is 10.2. The third-order valence-electron chi connectivity index (χ3n) is 3.67. The first kappa shape index (κ1) is 18.5. The minimum absolute atomic E-state index is 0. The summed E-state index contributed by atoms with van der Waals surface area (Å²) in [6.45, 7) is 4.12. The molecule has 0 atom stereocenters. The first-order valence-corrected chi connectivity index (χ1v) is 8.39. The molecule has 24 heavy (non-hydrogen) atoms. The third-order valence-corrected chi connectivity index (χ3v) is 4.77. The number of rotatable bonds is 4. The van der Waals surface area contributed by atoms with Gasteiger partial charge in [-0.25, -0.2) is 4.98 Å². The van der Waals surface area contributed by atoms with Gasteiger partial charge in [-0.1, -0.05) is 11.6 Å². The number of primary amides is 1. The Morgan fingerprint density at radius 2 is 1.96 bits per heavy atom. The maximum Gasteiger partial charge on any atom is 0.224 e. The molecule has 1 amide bonds. The summed E-state index contributed by atoms with van der Waals surface area (Å²) in [5.41, 5.74) is 10.4. The summed E-state index contributed by atoms with van der Waals surface area (Å²) in [6.07, 6.45) is 0.181. The fourth-order valence-corrected chi connectivity index (χ4v) is 3.60. The largest absolute Gasteiger partial charge is 0.369 e. The van der Waals surface area contributed by atoms with E-state index in [2.05, 4.69) is 29.5 Å². The second-order valence-electron chi connectivity index (χ2n) is 5.37. The van der Waals surface area contributed by atoms with Crippen molar-refractivity contribution in [1.29, 1.82) is 0 Å². The molecule has 1 aromatic carbocycles. The maximum atomic E-state index is 11.0. The van der Waals surface area contributed by atoms with Gasteiger partial charge in [-0.2, -0.15) is 0 Å². The van der Waals surface area contributed by atoms with Crippen molar-refractivity contribution in [2.24, 2.45) is 5.73 Å². The van der Waals surface area contributed by atoms with Crippen LogP contribution in [0.3, 0.4) is 0 Å². The number of hydrogen-bond donors (Lipinski definition) is 1. The van der Waals surface area contributed by atoms with Crippen molar-refractivity contribution in [1.82, 2.24) is 9.55 Å². The van der Waals surface area contributed by atoms with Gasteiger partial charge in [0.05, 0.1) is 12.1 Å². The van der Waals surface area contributed by atoms with Crippen LogP contribution in [0.1, 0.15) is 16.4 Å². The van der Waals surface area contributed by atoms with Crippen molar-refractivity contribution in [2.75, 3.05) is 0 Å². The Morgan fingerprint density at radius 1 is 1.29 bits per heavy atom. The van der Waals surface area contributed by atoms with Gasteiger partial charge in [0.2, 0.25) is 5.91 Å². The van der Waals surface area contributed by atoms with Crippen LogP contribution in [0.4, 0.5) is 0 Å². The van der Waals surface area contributed by atoms with Crippen LogP contribution in [0.15, 0.2) is 35.7 Å². The highest BCUT2D eigenvalue weighted by Crippen LogP contribution is 2.30. The van der Waals surface area contributed by atoms with E-state index in [4.69, 9.17) is 17.3 Å². The number of amides is 1. The van der Waals surface area contributed by atoms with E-state index in [0.717, 1.165) is 33.3 Å². The topological polar surface area (TPSA) is 60.9 Å².